The maximum atomic E-state index is 5.46. The zero-order valence-electron chi connectivity index (χ0n) is 30.6. The van der Waals surface area contributed by atoms with E-state index in [2.05, 4.69) is 199 Å². The van der Waals surface area contributed by atoms with Crippen LogP contribution in [0.25, 0.3) is 99.0 Å². The van der Waals surface area contributed by atoms with Gasteiger partial charge in [0.1, 0.15) is 0 Å². The van der Waals surface area contributed by atoms with Gasteiger partial charge in [-0.2, -0.15) is 0 Å². The van der Waals surface area contributed by atoms with Gasteiger partial charge in [-0.05, 0) is 82.2 Å². The molecule has 258 valence electrons. The summed E-state index contributed by atoms with van der Waals surface area (Å²) in [6, 6.07) is 64.5. The molecule has 11 aromatic rings. The first kappa shape index (κ1) is 30.5. The number of aromatic nitrogens is 3. The van der Waals surface area contributed by atoms with Gasteiger partial charge in [-0.3, -0.25) is 0 Å². The van der Waals surface area contributed by atoms with Crippen molar-refractivity contribution >= 4 is 65.3 Å². The highest BCUT2D eigenvalue weighted by atomic mass is 15.0. The van der Waals surface area contributed by atoms with Crippen LogP contribution in [0.3, 0.4) is 0 Å². The van der Waals surface area contributed by atoms with Crippen LogP contribution in [-0.4, -0.2) is 14.1 Å². The number of fused-ring (bicyclic) bond motifs is 13. The predicted molar refractivity (Wildman–Crippen MR) is 231 cm³/mol. The number of hydrogen-bond donors (Lipinski definition) is 0. The molecule has 0 N–H and O–H groups in total. The third kappa shape index (κ3) is 4.13. The number of para-hydroxylation sites is 4. The van der Waals surface area contributed by atoms with Gasteiger partial charge in [0.2, 0.25) is 0 Å². The zero-order valence-corrected chi connectivity index (χ0v) is 30.6. The van der Waals surface area contributed by atoms with E-state index in [0.717, 1.165) is 28.1 Å². The fourth-order valence-electron chi connectivity index (χ4n) is 9.77. The summed E-state index contributed by atoms with van der Waals surface area (Å²) >= 11 is 0. The second-order valence-electron chi connectivity index (χ2n) is 15.5. The lowest BCUT2D eigenvalue weighted by atomic mass is 9.81. The Morgan fingerprint density at radius 1 is 0.400 bits per heavy atom. The van der Waals surface area contributed by atoms with Crippen LogP contribution in [0.2, 0.25) is 0 Å². The van der Waals surface area contributed by atoms with Gasteiger partial charge in [-0.1, -0.05) is 135 Å². The molecule has 55 heavy (non-hydrogen) atoms. The standard InChI is InChI=1S/C52H35N3/c1-52(2)44-23-10-6-19-35(44)42-30-41-36-20-7-11-24-46(36)53-49(43(41)31-45(42)52)32-15-14-18-34(29-32)55-48-26-13-9-22-38(48)40-28-27-39-37-21-8-12-25-47(37)54(50(39)51(40)55)33-16-4-3-5-17-33/h3-31H,1-2H3. The van der Waals surface area contributed by atoms with Gasteiger partial charge in [0.05, 0.1) is 33.3 Å². The highest BCUT2D eigenvalue weighted by molar-refractivity contribution is 6.24. The van der Waals surface area contributed by atoms with Crippen molar-refractivity contribution in [2.45, 2.75) is 19.3 Å². The summed E-state index contributed by atoms with van der Waals surface area (Å²) in [5.74, 6) is 0. The molecule has 0 fully saturated rings. The molecule has 0 bridgehead atoms. The molecule has 3 nitrogen and oxygen atoms in total. The highest BCUT2D eigenvalue weighted by Crippen LogP contribution is 2.51. The summed E-state index contributed by atoms with van der Waals surface area (Å²) in [6.45, 7) is 4.71. The smallest absolute Gasteiger partial charge is 0.0788 e. The average molecular weight is 702 g/mol. The second kappa shape index (κ2) is 11.0. The summed E-state index contributed by atoms with van der Waals surface area (Å²) in [7, 11) is 0. The van der Waals surface area contributed by atoms with Gasteiger partial charge >= 0.3 is 0 Å². The molecule has 0 unspecified atom stereocenters. The lowest BCUT2D eigenvalue weighted by Crippen LogP contribution is -2.14. The molecular weight excluding hydrogens is 667 g/mol. The summed E-state index contributed by atoms with van der Waals surface area (Å²) < 4.78 is 4.93. The highest BCUT2D eigenvalue weighted by Gasteiger charge is 2.36. The van der Waals surface area contributed by atoms with E-state index in [1.807, 2.05) is 0 Å². The number of nitrogens with zero attached hydrogens (tertiary/aromatic N) is 3. The summed E-state index contributed by atoms with van der Waals surface area (Å²) in [5.41, 5.74) is 15.4. The average Bonchev–Trinajstić information content (AvgIpc) is 3.83. The van der Waals surface area contributed by atoms with E-state index in [-0.39, 0.29) is 5.41 Å². The SMILES string of the molecule is CC1(C)c2ccccc2-c2cc3c(cc21)c(-c1cccc(-n2c4ccccc4c4ccc5c6ccccc6n(-c6ccccc6)c5c42)c1)nc1ccccc13. The predicted octanol–water partition coefficient (Wildman–Crippen LogP) is 13.6. The van der Waals surface area contributed by atoms with Gasteiger partial charge in [-0.15, -0.1) is 0 Å². The van der Waals surface area contributed by atoms with Crippen LogP contribution in [0.5, 0.6) is 0 Å². The van der Waals surface area contributed by atoms with Crippen molar-refractivity contribution in [3.63, 3.8) is 0 Å². The Morgan fingerprint density at radius 2 is 1.00 bits per heavy atom. The lowest BCUT2D eigenvalue weighted by molar-refractivity contribution is 0.661. The lowest BCUT2D eigenvalue weighted by Gasteiger charge is -2.22. The van der Waals surface area contributed by atoms with E-state index < -0.39 is 0 Å². The van der Waals surface area contributed by atoms with Crippen molar-refractivity contribution in [3.8, 4) is 33.8 Å². The molecule has 3 heteroatoms. The Morgan fingerprint density at radius 3 is 1.75 bits per heavy atom. The minimum absolute atomic E-state index is 0.115. The summed E-state index contributed by atoms with van der Waals surface area (Å²) in [4.78, 5) is 5.46. The van der Waals surface area contributed by atoms with Gasteiger partial charge < -0.3 is 9.13 Å². The van der Waals surface area contributed by atoms with Crippen molar-refractivity contribution < 1.29 is 0 Å². The first-order valence-electron chi connectivity index (χ1n) is 19.1. The Hall–Kier alpha value is -6.97. The third-order valence-corrected chi connectivity index (χ3v) is 12.3. The van der Waals surface area contributed by atoms with Crippen molar-refractivity contribution in [1.82, 2.24) is 14.1 Å². The topological polar surface area (TPSA) is 22.8 Å². The molecule has 0 spiro atoms. The molecular formula is C52H35N3. The Labute approximate surface area is 318 Å². The van der Waals surface area contributed by atoms with Crippen LogP contribution < -0.4 is 0 Å². The summed E-state index contributed by atoms with van der Waals surface area (Å²) in [6.07, 6.45) is 0. The van der Waals surface area contributed by atoms with Crippen LogP contribution in [0.1, 0.15) is 25.0 Å². The second-order valence-corrected chi connectivity index (χ2v) is 15.5. The van der Waals surface area contributed by atoms with E-state index in [1.165, 1.54) is 82.0 Å². The fourth-order valence-corrected chi connectivity index (χ4v) is 9.77. The third-order valence-electron chi connectivity index (χ3n) is 12.3. The van der Waals surface area contributed by atoms with Gasteiger partial charge in [0.25, 0.3) is 0 Å². The molecule has 12 rings (SSSR count). The van der Waals surface area contributed by atoms with E-state index in [4.69, 9.17) is 4.98 Å². The van der Waals surface area contributed by atoms with Crippen molar-refractivity contribution in [3.05, 3.63) is 187 Å². The van der Waals surface area contributed by atoms with E-state index >= 15 is 0 Å². The molecule has 1 aliphatic carbocycles. The largest absolute Gasteiger partial charge is 0.307 e. The van der Waals surface area contributed by atoms with Crippen molar-refractivity contribution in [2.75, 3.05) is 0 Å². The number of pyridine rings is 1. The van der Waals surface area contributed by atoms with E-state index in [9.17, 15) is 0 Å². The molecule has 0 amide bonds. The quantitative estimate of drug-likeness (QED) is 0.168. The monoisotopic (exact) mass is 701 g/mol. The molecule has 3 heterocycles. The number of hydrogen-bond acceptors (Lipinski definition) is 1. The summed E-state index contributed by atoms with van der Waals surface area (Å²) in [5, 5.41) is 8.57. The maximum Gasteiger partial charge on any atom is 0.0788 e. The molecule has 0 aliphatic heterocycles. The van der Waals surface area contributed by atoms with E-state index in [0.29, 0.717) is 0 Å². The van der Waals surface area contributed by atoms with Gasteiger partial charge in [-0.25, -0.2) is 4.98 Å². The Bertz CT molecular complexity index is 3400. The molecule has 0 saturated carbocycles. The van der Waals surface area contributed by atoms with Crippen LogP contribution in [0.4, 0.5) is 0 Å². The van der Waals surface area contributed by atoms with Gasteiger partial charge in [0.15, 0.2) is 0 Å². The molecule has 8 aromatic carbocycles. The minimum atomic E-state index is -0.115. The first-order chi connectivity index (χ1) is 27.1. The molecule has 0 atom stereocenters. The number of benzene rings is 8. The Kier molecular flexibility index (Phi) is 6.12. The van der Waals surface area contributed by atoms with Crippen LogP contribution in [0, 0.1) is 0 Å². The molecule has 0 saturated heterocycles. The van der Waals surface area contributed by atoms with Crippen LogP contribution in [0.15, 0.2) is 176 Å². The van der Waals surface area contributed by atoms with Crippen LogP contribution in [-0.2, 0) is 5.41 Å². The van der Waals surface area contributed by atoms with Crippen LogP contribution >= 0.6 is 0 Å². The maximum absolute atomic E-state index is 5.46. The first-order valence-corrected chi connectivity index (χ1v) is 19.1. The normalized spacial score (nSPS) is 13.4. The fraction of sp³-hybridized carbons (Fsp3) is 0.0577. The zero-order chi connectivity index (χ0) is 36.4. The molecule has 0 radical (unpaired) electrons. The van der Waals surface area contributed by atoms with Crippen molar-refractivity contribution in [1.29, 1.82) is 0 Å². The van der Waals surface area contributed by atoms with Crippen molar-refractivity contribution in [2.24, 2.45) is 0 Å². The Balaban J connectivity index is 1.17. The van der Waals surface area contributed by atoms with Gasteiger partial charge in [0, 0.05) is 54.7 Å². The minimum Gasteiger partial charge on any atom is -0.307 e. The van der Waals surface area contributed by atoms with E-state index in [1.54, 1.807) is 0 Å². The molecule has 1 aliphatic rings. The number of rotatable bonds is 3. The molecule has 3 aromatic heterocycles.